The van der Waals surface area contributed by atoms with E-state index in [0.717, 1.165) is 64.0 Å². The lowest BCUT2D eigenvalue weighted by atomic mass is 9.72. The predicted octanol–water partition coefficient (Wildman–Crippen LogP) is 0.673. The molecular formula is C19H30N4O4. The second-order valence-electron chi connectivity index (χ2n) is 8.20. The number of hydrogen-bond acceptors (Lipinski definition) is 5. The molecule has 1 unspecified atom stereocenters. The SMILES string of the molecule is COCCn1nc2n(c1=O)CCC1(CC2)CCN(C(=O)C2CCOC2)CC1. The van der Waals surface area contributed by atoms with Crippen LogP contribution in [0.4, 0.5) is 0 Å². The van der Waals surface area contributed by atoms with E-state index < -0.39 is 0 Å². The molecule has 8 heteroatoms. The van der Waals surface area contributed by atoms with Gasteiger partial charge >= 0.3 is 5.69 Å². The van der Waals surface area contributed by atoms with E-state index in [1.807, 2.05) is 9.47 Å². The van der Waals surface area contributed by atoms with E-state index in [1.54, 1.807) is 7.11 Å². The molecule has 2 fully saturated rings. The van der Waals surface area contributed by atoms with Gasteiger partial charge in [0.15, 0.2) is 0 Å². The van der Waals surface area contributed by atoms with E-state index in [4.69, 9.17) is 9.47 Å². The monoisotopic (exact) mass is 378 g/mol. The molecule has 0 N–H and O–H groups in total. The molecular weight excluding hydrogens is 348 g/mol. The van der Waals surface area contributed by atoms with Crippen LogP contribution in [0.15, 0.2) is 4.79 Å². The summed E-state index contributed by atoms with van der Waals surface area (Å²) in [6.07, 6.45) is 5.77. The molecule has 2 saturated heterocycles. The van der Waals surface area contributed by atoms with Crippen molar-refractivity contribution in [3.8, 4) is 0 Å². The third kappa shape index (κ3) is 3.69. The Morgan fingerprint density at radius 3 is 2.74 bits per heavy atom. The van der Waals surface area contributed by atoms with Gasteiger partial charge in [-0.3, -0.25) is 9.36 Å². The predicted molar refractivity (Wildman–Crippen MR) is 98.5 cm³/mol. The number of nitrogens with zero attached hydrogens (tertiary/aromatic N) is 4. The first-order chi connectivity index (χ1) is 13.1. The fourth-order valence-corrected chi connectivity index (χ4v) is 4.76. The third-order valence-corrected chi connectivity index (χ3v) is 6.67. The number of piperidine rings is 1. The van der Waals surface area contributed by atoms with Crippen LogP contribution in [0.2, 0.25) is 0 Å². The first-order valence-electron chi connectivity index (χ1n) is 10.1. The Kier molecular flexibility index (Phi) is 5.36. The molecule has 1 atom stereocenters. The largest absolute Gasteiger partial charge is 0.383 e. The molecule has 1 amide bonds. The molecule has 1 aromatic heterocycles. The molecule has 150 valence electrons. The molecule has 4 heterocycles. The quantitative estimate of drug-likeness (QED) is 0.770. The summed E-state index contributed by atoms with van der Waals surface area (Å²) in [4.78, 5) is 27.2. The number of carbonyl (C=O) groups excluding carboxylic acids is 1. The average molecular weight is 378 g/mol. The number of ether oxygens (including phenoxy) is 2. The molecule has 0 aromatic carbocycles. The molecule has 0 bridgehead atoms. The van der Waals surface area contributed by atoms with Gasteiger partial charge in [-0.05, 0) is 37.5 Å². The fourth-order valence-electron chi connectivity index (χ4n) is 4.76. The summed E-state index contributed by atoms with van der Waals surface area (Å²) in [7, 11) is 1.63. The van der Waals surface area contributed by atoms with Crippen molar-refractivity contribution in [2.75, 3.05) is 40.0 Å². The lowest BCUT2D eigenvalue weighted by Crippen LogP contribution is -2.45. The normalized spacial score (nSPS) is 24.8. The van der Waals surface area contributed by atoms with E-state index in [-0.39, 0.29) is 22.9 Å². The number of amides is 1. The lowest BCUT2D eigenvalue weighted by molar-refractivity contribution is -0.138. The number of rotatable bonds is 4. The number of aromatic nitrogens is 3. The average Bonchev–Trinajstić information content (AvgIpc) is 3.28. The Labute approximate surface area is 159 Å². The number of fused-ring (bicyclic) bond motifs is 1. The van der Waals surface area contributed by atoms with Crippen LogP contribution in [0.1, 0.15) is 37.9 Å². The molecule has 3 aliphatic rings. The van der Waals surface area contributed by atoms with E-state index in [1.165, 1.54) is 4.68 Å². The highest BCUT2D eigenvalue weighted by atomic mass is 16.5. The second kappa shape index (κ2) is 7.75. The molecule has 3 aliphatic heterocycles. The minimum Gasteiger partial charge on any atom is -0.383 e. The molecule has 1 spiro atoms. The number of methoxy groups -OCH3 is 1. The van der Waals surface area contributed by atoms with Crippen molar-refractivity contribution in [2.45, 2.75) is 51.6 Å². The summed E-state index contributed by atoms with van der Waals surface area (Å²) in [5.41, 5.74) is 0.209. The molecule has 8 nitrogen and oxygen atoms in total. The zero-order chi connectivity index (χ0) is 18.9. The zero-order valence-electron chi connectivity index (χ0n) is 16.2. The number of carbonyl (C=O) groups is 1. The summed E-state index contributed by atoms with van der Waals surface area (Å²) < 4.78 is 13.8. The molecule has 1 aromatic rings. The van der Waals surface area contributed by atoms with Crippen LogP contribution in [0, 0.1) is 11.3 Å². The van der Waals surface area contributed by atoms with Crippen LogP contribution in [0.25, 0.3) is 0 Å². The van der Waals surface area contributed by atoms with E-state index in [0.29, 0.717) is 26.4 Å². The first kappa shape index (κ1) is 18.7. The third-order valence-electron chi connectivity index (χ3n) is 6.67. The summed E-state index contributed by atoms with van der Waals surface area (Å²) in [6.45, 7) is 4.67. The topological polar surface area (TPSA) is 78.6 Å². The maximum Gasteiger partial charge on any atom is 0.345 e. The Bertz CT molecular complexity index is 727. The van der Waals surface area contributed by atoms with E-state index in [2.05, 4.69) is 5.10 Å². The standard InChI is InChI=1S/C19H30N4O4/c1-26-13-11-23-18(25)22-10-7-19(4-2-16(22)20-23)5-8-21(9-6-19)17(24)15-3-12-27-14-15/h15H,2-14H2,1H3. The van der Waals surface area contributed by atoms with Gasteiger partial charge in [-0.15, -0.1) is 0 Å². The summed E-state index contributed by atoms with van der Waals surface area (Å²) in [5, 5.41) is 4.53. The number of aryl methyl sites for hydroxylation is 1. The molecule has 0 saturated carbocycles. The molecule has 0 aliphatic carbocycles. The van der Waals surface area contributed by atoms with Gasteiger partial charge in [-0.1, -0.05) is 0 Å². The zero-order valence-corrected chi connectivity index (χ0v) is 16.2. The van der Waals surface area contributed by atoms with Crippen LogP contribution in [0.5, 0.6) is 0 Å². The first-order valence-corrected chi connectivity index (χ1v) is 10.1. The summed E-state index contributed by atoms with van der Waals surface area (Å²) >= 11 is 0. The van der Waals surface area contributed by atoms with Gasteiger partial charge in [0.25, 0.3) is 0 Å². The van der Waals surface area contributed by atoms with Gasteiger partial charge in [-0.2, -0.15) is 5.10 Å². The Hall–Kier alpha value is -1.67. The van der Waals surface area contributed by atoms with Crippen molar-refractivity contribution >= 4 is 5.91 Å². The second-order valence-corrected chi connectivity index (χ2v) is 8.20. The highest BCUT2D eigenvalue weighted by Crippen LogP contribution is 2.41. The van der Waals surface area contributed by atoms with Gasteiger partial charge in [0, 0.05) is 39.8 Å². The maximum atomic E-state index is 12.6. The van der Waals surface area contributed by atoms with E-state index >= 15 is 0 Å². The van der Waals surface area contributed by atoms with Gasteiger partial charge in [-0.25, -0.2) is 9.48 Å². The van der Waals surface area contributed by atoms with Crippen molar-refractivity contribution in [1.29, 1.82) is 0 Å². The van der Waals surface area contributed by atoms with Crippen molar-refractivity contribution in [2.24, 2.45) is 11.3 Å². The van der Waals surface area contributed by atoms with Crippen LogP contribution in [-0.2, 0) is 33.8 Å². The summed E-state index contributed by atoms with van der Waals surface area (Å²) in [6, 6.07) is 0. The fraction of sp³-hybridized carbons (Fsp3) is 0.842. The minimum absolute atomic E-state index is 0.0204. The maximum absolute atomic E-state index is 12.6. The Morgan fingerprint density at radius 2 is 2.04 bits per heavy atom. The van der Waals surface area contributed by atoms with Crippen molar-refractivity contribution in [3.05, 3.63) is 16.3 Å². The Balaban J connectivity index is 1.37. The van der Waals surface area contributed by atoms with Crippen molar-refractivity contribution < 1.29 is 14.3 Å². The van der Waals surface area contributed by atoms with Crippen LogP contribution >= 0.6 is 0 Å². The van der Waals surface area contributed by atoms with Gasteiger partial charge in [0.05, 0.1) is 25.7 Å². The van der Waals surface area contributed by atoms with Gasteiger partial charge < -0.3 is 14.4 Å². The number of likely N-dealkylation sites (tertiary alicyclic amines) is 1. The van der Waals surface area contributed by atoms with Crippen molar-refractivity contribution in [1.82, 2.24) is 19.2 Å². The molecule has 4 rings (SSSR count). The van der Waals surface area contributed by atoms with Crippen LogP contribution < -0.4 is 5.69 Å². The minimum atomic E-state index is -0.0204. The van der Waals surface area contributed by atoms with Crippen molar-refractivity contribution in [3.63, 3.8) is 0 Å². The van der Waals surface area contributed by atoms with Gasteiger partial charge in [0.1, 0.15) is 5.82 Å². The smallest absolute Gasteiger partial charge is 0.345 e. The Morgan fingerprint density at radius 1 is 1.26 bits per heavy atom. The molecule has 0 radical (unpaired) electrons. The molecule has 27 heavy (non-hydrogen) atoms. The van der Waals surface area contributed by atoms with E-state index in [9.17, 15) is 9.59 Å². The lowest BCUT2D eigenvalue weighted by Gasteiger charge is -2.42. The highest BCUT2D eigenvalue weighted by Gasteiger charge is 2.39. The number of hydrogen-bond donors (Lipinski definition) is 0. The highest BCUT2D eigenvalue weighted by molar-refractivity contribution is 5.79. The van der Waals surface area contributed by atoms with Crippen LogP contribution in [0.3, 0.4) is 0 Å². The van der Waals surface area contributed by atoms with Gasteiger partial charge in [0.2, 0.25) is 5.91 Å². The summed E-state index contributed by atoms with van der Waals surface area (Å²) in [5.74, 6) is 1.23. The van der Waals surface area contributed by atoms with Crippen LogP contribution in [-0.4, -0.2) is 65.2 Å².